The SMILES string of the molecule is CC1CC(C)N1C(=O)NC(CCN(CCCCc1ccc2c(n1)NCCC2)CCOc1ccccc1)C(=O)O. The first-order chi connectivity index (χ1) is 18.9. The number of carboxylic acids is 1. The predicted molar refractivity (Wildman–Crippen MR) is 152 cm³/mol. The first-order valence-corrected chi connectivity index (χ1v) is 14.3. The van der Waals surface area contributed by atoms with Crippen LogP contribution in [-0.4, -0.2) is 82.8 Å². The van der Waals surface area contributed by atoms with E-state index in [0.717, 1.165) is 68.9 Å². The van der Waals surface area contributed by atoms with Crippen molar-refractivity contribution in [2.75, 3.05) is 38.1 Å². The summed E-state index contributed by atoms with van der Waals surface area (Å²) < 4.78 is 5.91. The number of anilines is 1. The second-order valence-electron chi connectivity index (χ2n) is 10.8. The number of carboxylic acid groups (broad SMARTS) is 1. The van der Waals surface area contributed by atoms with Gasteiger partial charge in [-0.1, -0.05) is 24.3 Å². The molecule has 9 nitrogen and oxygen atoms in total. The number of ether oxygens (including phenoxy) is 1. The quantitative estimate of drug-likeness (QED) is 0.310. The molecule has 2 aliphatic heterocycles. The van der Waals surface area contributed by atoms with Crippen LogP contribution in [0.5, 0.6) is 5.75 Å². The Balaban J connectivity index is 1.28. The Morgan fingerprint density at radius 3 is 2.67 bits per heavy atom. The fraction of sp³-hybridized carbons (Fsp3) is 0.567. The van der Waals surface area contributed by atoms with Gasteiger partial charge in [0, 0.05) is 37.4 Å². The molecule has 3 unspecified atom stereocenters. The number of pyridine rings is 1. The van der Waals surface area contributed by atoms with Gasteiger partial charge >= 0.3 is 12.0 Å². The molecule has 3 N–H and O–H groups in total. The number of fused-ring (bicyclic) bond motifs is 1. The van der Waals surface area contributed by atoms with Crippen LogP contribution in [0.3, 0.4) is 0 Å². The van der Waals surface area contributed by atoms with Crippen molar-refractivity contribution in [2.24, 2.45) is 0 Å². The van der Waals surface area contributed by atoms with Gasteiger partial charge in [0.25, 0.3) is 0 Å². The fourth-order valence-corrected chi connectivity index (χ4v) is 5.50. The third-order valence-corrected chi connectivity index (χ3v) is 7.72. The molecule has 4 rings (SSSR count). The van der Waals surface area contributed by atoms with Crippen molar-refractivity contribution < 1.29 is 19.4 Å². The molecule has 2 amide bonds. The van der Waals surface area contributed by atoms with Crippen LogP contribution in [0.1, 0.15) is 57.2 Å². The average molecular weight is 538 g/mol. The Kier molecular flexibility index (Phi) is 10.4. The van der Waals surface area contributed by atoms with E-state index in [0.29, 0.717) is 26.1 Å². The molecule has 3 atom stereocenters. The van der Waals surface area contributed by atoms with Crippen LogP contribution >= 0.6 is 0 Å². The number of benzene rings is 1. The largest absolute Gasteiger partial charge is 0.492 e. The van der Waals surface area contributed by atoms with Gasteiger partial charge in [-0.25, -0.2) is 14.6 Å². The molecule has 212 valence electrons. The minimum absolute atomic E-state index is 0.140. The van der Waals surface area contributed by atoms with E-state index in [9.17, 15) is 14.7 Å². The molecule has 0 saturated carbocycles. The zero-order chi connectivity index (χ0) is 27.6. The number of nitrogens with one attached hydrogen (secondary N) is 2. The number of hydrogen-bond acceptors (Lipinski definition) is 6. The molecule has 1 saturated heterocycles. The van der Waals surface area contributed by atoms with Crippen LogP contribution < -0.4 is 15.4 Å². The number of para-hydroxylation sites is 1. The van der Waals surface area contributed by atoms with Gasteiger partial charge in [0.15, 0.2) is 0 Å². The molecule has 2 aliphatic rings. The molecule has 2 aromatic rings. The number of aryl methyl sites for hydroxylation is 2. The highest BCUT2D eigenvalue weighted by atomic mass is 16.5. The van der Waals surface area contributed by atoms with Crippen LogP contribution in [0.2, 0.25) is 0 Å². The summed E-state index contributed by atoms with van der Waals surface area (Å²) in [5.74, 6) is 0.844. The molecule has 3 heterocycles. The lowest BCUT2D eigenvalue weighted by molar-refractivity contribution is -0.139. The van der Waals surface area contributed by atoms with Crippen LogP contribution in [0, 0.1) is 0 Å². The summed E-state index contributed by atoms with van der Waals surface area (Å²) in [4.78, 5) is 33.4. The fourth-order valence-electron chi connectivity index (χ4n) is 5.50. The molecule has 0 spiro atoms. The number of hydrogen-bond donors (Lipinski definition) is 3. The predicted octanol–water partition coefficient (Wildman–Crippen LogP) is 4.18. The summed E-state index contributed by atoms with van der Waals surface area (Å²) in [6.07, 6.45) is 6.38. The van der Waals surface area contributed by atoms with E-state index in [1.54, 1.807) is 4.90 Å². The number of carbonyl (C=O) groups excluding carboxylic acids is 1. The summed E-state index contributed by atoms with van der Waals surface area (Å²) >= 11 is 0. The Hall–Kier alpha value is -3.33. The number of carbonyl (C=O) groups is 2. The number of amides is 2. The van der Waals surface area contributed by atoms with Crippen molar-refractivity contribution in [3.8, 4) is 5.75 Å². The average Bonchev–Trinajstić information content (AvgIpc) is 2.93. The van der Waals surface area contributed by atoms with Gasteiger partial charge < -0.3 is 25.4 Å². The summed E-state index contributed by atoms with van der Waals surface area (Å²) in [6, 6.07) is 13.1. The number of nitrogens with zero attached hydrogens (tertiary/aromatic N) is 3. The van der Waals surface area contributed by atoms with Crippen molar-refractivity contribution in [1.29, 1.82) is 0 Å². The second kappa shape index (κ2) is 14.2. The number of aromatic nitrogens is 1. The van der Waals surface area contributed by atoms with E-state index in [1.807, 2.05) is 44.2 Å². The smallest absolute Gasteiger partial charge is 0.326 e. The molecule has 1 aromatic carbocycles. The number of likely N-dealkylation sites (tertiary alicyclic amines) is 1. The number of rotatable bonds is 14. The molecule has 0 radical (unpaired) electrons. The van der Waals surface area contributed by atoms with Crippen LogP contribution in [0.4, 0.5) is 10.6 Å². The highest BCUT2D eigenvalue weighted by molar-refractivity contribution is 5.83. The summed E-state index contributed by atoms with van der Waals surface area (Å²) in [7, 11) is 0. The van der Waals surface area contributed by atoms with Crippen molar-refractivity contribution in [1.82, 2.24) is 20.1 Å². The summed E-state index contributed by atoms with van der Waals surface area (Å²) in [5.41, 5.74) is 2.40. The van der Waals surface area contributed by atoms with E-state index < -0.39 is 12.0 Å². The van der Waals surface area contributed by atoms with E-state index in [-0.39, 0.29) is 18.1 Å². The maximum atomic E-state index is 12.7. The molecular formula is C30H43N5O4. The second-order valence-corrected chi connectivity index (χ2v) is 10.8. The number of urea groups is 1. The minimum atomic E-state index is -1.00. The summed E-state index contributed by atoms with van der Waals surface area (Å²) in [6.45, 7) is 7.52. The van der Waals surface area contributed by atoms with Crippen molar-refractivity contribution in [3.63, 3.8) is 0 Å². The molecule has 0 bridgehead atoms. The zero-order valence-corrected chi connectivity index (χ0v) is 23.3. The third-order valence-electron chi connectivity index (χ3n) is 7.72. The highest BCUT2D eigenvalue weighted by Gasteiger charge is 2.37. The minimum Gasteiger partial charge on any atom is -0.492 e. The van der Waals surface area contributed by atoms with Crippen molar-refractivity contribution in [3.05, 3.63) is 53.7 Å². The van der Waals surface area contributed by atoms with Crippen molar-refractivity contribution in [2.45, 2.75) is 76.9 Å². The topological polar surface area (TPSA) is 107 Å². The van der Waals surface area contributed by atoms with Gasteiger partial charge in [0.05, 0.1) is 0 Å². The molecule has 9 heteroatoms. The van der Waals surface area contributed by atoms with Gasteiger partial charge in [0.2, 0.25) is 0 Å². The van der Waals surface area contributed by atoms with Crippen LogP contribution in [0.15, 0.2) is 42.5 Å². The standard InChI is InChI=1S/C30H43N5O4/c1-22-21-23(2)35(22)30(38)33-27(29(36)37)15-18-34(19-20-39-26-11-4-3-5-12-26)17-7-6-10-25-14-13-24-9-8-16-31-28(24)32-25/h3-5,11-14,22-23,27H,6-10,15-21H2,1-2H3,(H,31,32)(H,33,38)(H,36,37). The van der Waals surface area contributed by atoms with Gasteiger partial charge in [-0.2, -0.15) is 0 Å². The normalized spacial score (nSPS) is 19.0. The van der Waals surface area contributed by atoms with E-state index in [2.05, 4.69) is 27.7 Å². The summed E-state index contributed by atoms with van der Waals surface area (Å²) in [5, 5.41) is 15.9. The van der Waals surface area contributed by atoms with Crippen molar-refractivity contribution >= 4 is 17.8 Å². The van der Waals surface area contributed by atoms with Gasteiger partial charge in [-0.15, -0.1) is 0 Å². The lowest BCUT2D eigenvalue weighted by atomic mass is 9.96. The molecule has 1 fully saturated rings. The highest BCUT2D eigenvalue weighted by Crippen LogP contribution is 2.25. The van der Waals surface area contributed by atoms with Gasteiger partial charge in [-0.05, 0) is 89.1 Å². The lowest BCUT2D eigenvalue weighted by Crippen LogP contribution is -2.61. The number of unbranched alkanes of at least 4 members (excludes halogenated alkanes) is 1. The molecule has 0 aliphatic carbocycles. The lowest BCUT2D eigenvalue weighted by Gasteiger charge is -2.45. The monoisotopic (exact) mass is 537 g/mol. The van der Waals surface area contributed by atoms with Crippen LogP contribution in [-0.2, 0) is 17.6 Å². The Morgan fingerprint density at radius 2 is 1.92 bits per heavy atom. The van der Waals surface area contributed by atoms with E-state index in [4.69, 9.17) is 9.72 Å². The Labute approximate surface area is 231 Å². The molecular weight excluding hydrogens is 494 g/mol. The molecule has 1 aromatic heterocycles. The van der Waals surface area contributed by atoms with E-state index in [1.165, 1.54) is 5.56 Å². The zero-order valence-electron chi connectivity index (χ0n) is 23.3. The maximum Gasteiger partial charge on any atom is 0.326 e. The van der Waals surface area contributed by atoms with E-state index >= 15 is 0 Å². The number of aliphatic carboxylic acids is 1. The Bertz CT molecular complexity index is 1070. The van der Waals surface area contributed by atoms with Gasteiger partial charge in [0.1, 0.15) is 24.2 Å². The Morgan fingerprint density at radius 1 is 1.13 bits per heavy atom. The maximum absolute atomic E-state index is 12.7. The van der Waals surface area contributed by atoms with Gasteiger partial charge in [-0.3, -0.25) is 4.90 Å². The first kappa shape index (κ1) is 28.7. The first-order valence-electron chi connectivity index (χ1n) is 14.3. The third kappa shape index (κ3) is 8.33. The van der Waals surface area contributed by atoms with Crippen LogP contribution in [0.25, 0.3) is 0 Å². The molecule has 39 heavy (non-hydrogen) atoms.